The normalized spacial score (nSPS) is 38.3. The maximum Gasteiger partial charge on any atom is 0.223 e. The number of hydrogen-bond donors (Lipinski definition) is 2. The topological polar surface area (TPSA) is 75.3 Å². The lowest BCUT2D eigenvalue weighted by atomic mass is 9.87. The Kier molecular flexibility index (Phi) is 7.90. The van der Waals surface area contributed by atoms with E-state index < -0.39 is 15.3 Å². The summed E-state index contributed by atoms with van der Waals surface area (Å²) in [6, 6.07) is 0.241. The van der Waals surface area contributed by atoms with Gasteiger partial charge in [0.05, 0.1) is 5.25 Å². The molecule has 0 aromatic rings. The van der Waals surface area contributed by atoms with E-state index in [0.717, 1.165) is 64.2 Å². The van der Waals surface area contributed by atoms with Crippen molar-refractivity contribution < 1.29 is 13.2 Å². The number of alkyl halides is 2. The lowest BCUT2D eigenvalue weighted by molar-refractivity contribution is -0.126. The third kappa shape index (κ3) is 6.31. The number of sulfonamides is 1. The molecule has 0 aromatic carbocycles. The first-order valence-corrected chi connectivity index (χ1v) is 13.3. The number of hydrogen-bond acceptors (Lipinski definition) is 3. The molecular formula is C19H32BrClN2O3S. The number of rotatable bonds is 5. The van der Waals surface area contributed by atoms with Crippen LogP contribution in [-0.4, -0.2) is 41.9 Å². The van der Waals surface area contributed by atoms with Crippen LogP contribution < -0.4 is 10.0 Å². The van der Waals surface area contributed by atoms with Gasteiger partial charge >= 0.3 is 0 Å². The van der Waals surface area contributed by atoms with E-state index in [2.05, 4.69) is 26.0 Å². The van der Waals surface area contributed by atoms with Crippen LogP contribution in [0.4, 0.5) is 0 Å². The zero-order chi connectivity index (χ0) is 19.4. The molecule has 0 aliphatic heterocycles. The molecular weight excluding hydrogens is 452 g/mol. The van der Waals surface area contributed by atoms with Crippen molar-refractivity contribution in [3.05, 3.63) is 0 Å². The molecule has 27 heavy (non-hydrogen) atoms. The van der Waals surface area contributed by atoms with Crippen LogP contribution in [0.2, 0.25) is 0 Å². The Morgan fingerprint density at radius 2 is 1.52 bits per heavy atom. The van der Waals surface area contributed by atoms with Crippen LogP contribution >= 0.6 is 27.5 Å². The fraction of sp³-hybridized carbons (Fsp3) is 0.947. The van der Waals surface area contributed by atoms with Gasteiger partial charge in [-0.25, -0.2) is 13.1 Å². The van der Waals surface area contributed by atoms with E-state index in [1.807, 2.05) is 0 Å². The van der Waals surface area contributed by atoms with Crippen molar-refractivity contribution in [3.63, 3.8) is 0 Å². The molecule has 0 saturated heterocycles. The number of amides is 1. The minimum atomic E-state index is -3.37. The molecule has 2 unspecified atom stereocenters. The van der Waals surface area contributed by atoms with Gasteiger partial charge in [-0.2, -0.15) is 0 Å². The summed E-state index contributed by atoms with van der Waals surface area (Å²) in [6.07, 6.45) is 10.2. The van der Waals surface area contributed by atoms with Crippen LogP contribution in [0.15, 0.2) is 0 Å². The second-order valence-corrected chi connectivity index (χ2v) is 12.5. The Hall–Kier alpha value is 0.150. The van der Waals surface area contributed by atoms with Crippen molar-refractivity contribution in [2.45, 2.75) is 105 Å². The second kappa shape index (κ2) is 9.77. The molecule has 3 fully saturated rings. The van der Waals surface area contributed by atoms with Gasteiger partial charge in [0.1, 0.15) is 0 Å². The maximum absolute atomic E-state index is 12.9. The van der Waals surface area contributed by atoms with Crippen molar-refractivity contribution >= 4 is 43.5 Å². The highest BCUT2D eigenvalue weighted by molar-refractivity contribution is 9.09. The number of carbonyl (C=O) groups is 1. The first kappa shape index (κ1) is 21.8. The minimum Gasteiger partial charge on any atom is -0.353 e. The molecule has 0 aromatic heterocycles. The molecule has 5 nitrogen and oxygen atoms in total. The lowest BCUT2D eigenvalue weighted by Crippen LogP contribution is -2.47. The molecule has 0 radical (unpaired) electrons. The maximum atomic E-state index is 12.9. The van der Waals surface area contributed by atoms with Gasteiger partial charge in [0, 0.05) is 28.2 Å². The van der Waals surface area contributed by atoms with Gasteiger partial charge in [0.15, 0.2) is 0 Å². The zero-order valence-electron chi connectivity index (χ0n) is 15.8. The Labute approximate surface area is 176 Å². The minimum absolute atomic E-state index is 0.0349. The Morgan fingerprint density at radius 3 is 2.19 bits per heavy atom. The number of nitrogens with one attached hydrogen (secondary N) is 2. The molecule has 0 spiro atoms. The SMILES string of the molecule is O=C(NC1CCC(Cl)CC1)C1CCCC(S(=O)(=O)NC2CCC(Br)CC2)C1. The molecule has 8 heteroatoms. The zero-order valence-corrected chi connectivity index (χ0v) is 19.0. The van der Waals surface area contributed by atoms with E-state index in [4.69, 9.17) is 11.6 Å². The molecule has 2 atom stereocenters. The van der Waals surface area contributed by atoms with Gasteiger partial charge in [-0.1, -0.05) is 22.4 Å². The standard InChI is InChI=1S/C19H32BrClN2O3S/c20-14-4-8-17(9-5-14)23-27(25,26)18-3-1-2-13(12-18)19(24)22-16-10-6-15(21)7-11-16/h13-18,23H,1-12H2,(H,22,24). The van der Waals surface area contributed by atoms with Gasteiger partial charge in [0.2, 0.25) is 15.9 Å². The third-order valence-electron chi connectivity index (χ3n) is 6.43. The molecule has 1 amide bonds. The van der Waals surface area contributed by atoms with Gasteiger partial charge in [-0.3, -0.25) is 4.79 Å². The molecule has 3 rings (SSSR count). The number of carbonyl (C=O) groups excluding carboxylic acids is 1. The van der Waals surface area contributed by atoms with Crippen molar-refractivity contribution in [2.24, 2.45) is 5.92 Å². The molecule has 3 aliphatic rings. The van der Waals surface area contributed by atoms with Gasteiger partial charge in [-0.05, 0) is 70.6 Å². The van der Waals surface area contributed by atoms with Gasteiger partial charge < -0.3 is 5.32 Å². The van der Waals surface area contributed by atoms with Crippen LogP contribution in [0.25, 0.3) is 0 Å². The molecule has 156 valence electrons. The summed E-state index contributed by atoms with van der Waals surface area (Å²) in [5, 5.41) is 2.94. The van der Waals surface area contributed by atoms with Crippen LogP contribution in [0.1, 0.15) is 77.0 Å². The Balaban J connectivity index is 1.51. The van der Waals surface area contributed by atoms with E-state index in [9.17, 15) is 13.2 Å². The van der Waals surface area contributed by atoms with Crippen molar-refractivity contribution in [1.29, 1.82) is 0 Å². The summed E-state index contributed by atoms with van der Waals surface area (Å²) in [7, 11) is -3.37. The second-order valence-electron chi connectivity index (χ2n) is 8.55. The van der Waals surface area contributed by atoms with Crippen LogP contribution in [0, 0.1) is 5.92 Å². The third-order valence-corrected chi connectivity index (χ3v) is 9.75. The largest absolute Gasteiger partial charge is 0.353 e. The highest BCUT2D eigenvalue weighted by Crippen LogP contribution is 2.31. The lowest BCUT2D eigenvalue weighted by Gasteiger charge is -2.33. The highest BCUT2D eigenvalue weighted by Gasteiger charge is 2.37. The molecule has 0 bridgehead atoms. The van der Waals surface area contributed by atoms with E-state index >= 15 is 0 Å². The fourth-order valence-electron chi connectivity index (χ4n) is 4.68. The van der Waals surface area contributed by atoms with Crippen LogP contribution in [-0.2, 0) is 14.8 Å². The quantitative estimate of drug-likeness (QED) is 0.583. The van der Waals surface area contributed by atoms with E-state index in [1.54, 1.807) is 0 Å². The smallest absolute Gasteiger partial charge is 0.223 e. The predicted octanol–water partition coefficient (Wildman–Crippen LogP) is 3.84. The van der Waals surface area contributed by atoms with Crippen LogP contribution in [0.3, 0.4) is 0 Å². The number of halogens is 2. The summed E-state index contributed by atoms with van der Waals surface area (Å²) in [5.74, 6) is -0.153. The first-order valence-electron chi connectivity index (χ1n) is 10.4. The van der Waals surface area contributed by atoms with Crippen molar-refractivity contribution in [2.75, 3.05) is 0 Å². The average molecular weight is 484 g/mol. The summed E-state index contributed by atoms with van der Waals surface area (Å²) in [6.45, 7) is 0. The average Bonchev–Trinajstić information content (AvgIpc) is 2.65. The fourth-order valence-corrected chi connectivity index (χ4v) is 7.32. The van der Waals surface area contributed by atoms with E-state index in [1.165, 1.54) is 0 Å². The first-order chi connectivity index (χ1) is 12.8. The summed E-state index contributed by atoms with van der Waals surface area (Å²) < 4.78 is 28.7. The molecule has 3 saturated carbocycles. The Morgan fingerprint density at radius 1 is 0.889 bits per heavy atom. The van der Waals surface area contributed by atoms with Gasteiger partial charge in [-0.15, -0.1) is 11.6 Å². The van der Waals surface area contributed by atoms with E-state index in [0.29, 0.717) is 17.7 Å². The molecule has 3 aliphatic carbocycles. The molecule has 0 heterocycles. The monoisotopic (exact) mass is 482 g/mol. The Bertz CT molecular complexity index is 602. The van der Waals surface area contributed by atoms with Gasteiger partial charge in [0.25, 0.3) is 0 Å². The summed E-state index contributed by atoms with van der Waals surface area (Å²) >= 11 is 9.75. The molecule has 2 N–H and O–H groups in total. The summed E-state index contributed by atoms with van der Waals surface area (Å²) in [4.78, 5) is 13.2. The van der Waals surface area contributed by atoms with Crippen LogP contribution in [0.5, 0.6) is 0 Å². The van der Waals surface area contributed by atoms with E-state index in [-0.39, 0.29) is 29.3 Å². The highest BCUT2D eigenvalue weighted by atomic mass is 79.9. The predicted molar refractivity (Wildman–Crippen MR) is 113 cm³/mol. The summed E-state index contributed by atoms with van der Waals surface area (Å²) in [5.41, 5.74) is 0. The van der Waals surface area contributed by atoms with Crippen molar-refractivity contribution in [1.82, 2.24) is 10.0 Å². The van der Waals surface area contributed by atoms with Crippen molar-refractivity contribution in [3.8, 4) is 0 Å².